The van der Waals surface area contributed by atoms with Gasteiger partial charge in [0.05, 0.1) is 0 Å². The third-order valence-corrected chi connectivity index (χ3v) is 2.05. The Balaban J connectivity index is 4.89. The van der Waals surface area contributed by atoms with E-state index in [1.54, 1.807) is 13.0 Å². The highest BCUT2D eigenvalue weighted by molar-refractivity contribution is 5.96. The van der Waals surface area contributed by atoms with Crippen LogP contribution in [-0.4, -0.2) is 46.0 Å². The van der Waals surface area contributed by atoms with Crippen LogP contribution in [0.2, 0.25) is 0 Å². The molecule has 0 aliphatic carbocycles. The molecule has 6 nitrogen and oxygen atoms in total. The molecule has 0 atom stereocenters. The Bertz CT molecular complexity index is 319. The molecule has 1 amide bonds. The summed E-state index contributed by atoms with van der Waals surface area (Å²) in [6.07, 6.45) is 2.77. The number of hydrogen-bond acceptors (Lipinski definition) is 3. The fourth-order valence-corrected chi connectivity index (χ4v) is 1.36. The van der Waals surface area contributed by atoms with Gasteiger partial charge in [0.15, 0.2) is 0 Å². The van der Waals surface area contributed by atoms with Crippen LogP contribution in [-0.2, 0) is 14.4 Å². The van der Waals surface area contributed by atoms with E-state index in [1.807, 2.05) is 6.92 Å². The molecule has 0 radical (unpaired) electrons. The van der Waals surface area contributed by atoms with Crippen LogP contribution in [0.25, 0.3) is 0 Å². The van der Waals surface area contributed by atoms with E-state index in [9.17, 15) is 14.4 Å². The number of hydrogen-bond donors (Lipinski definition) is 2. The van der Waals surface area contributed by atoms with Crippen LogP contribution in [0, 0.1) is 0 Å². The lowest BCUT2D eigenvalue weighted by Crippen LogP contribution is -2.40. The van der Waals surface area contributed by atoms with Gasteiger partial charge in [-0.15, -0.1) is 0 Å². The highest BCUT2D eigenvalue weighted by atomic mass is 16.4. The predicted octanol–water partition coefficient (Wildman–Crippen LogP) is 0.731. The van der Waals surface area contributed by atoms with Gasteiger partial charge in [0.1, 0.15) is 13.1 Å². The number of aliphatic carboxylic acids is 2. The lowest BCUT2D eigenvalue weighted by Gasteiger charge is -2.19. The summed E-state index contributed by atoms with van der Waals surface area (Å²) >= 11 is 0. The quantitative estimate of drug-likeness (QED) is 0.643. The zero-order valence-electron chi connectivity index (χ0n) is 9.97. The largest absolute Gasteiger partial charge is 0.480 e. The standard InChI is InChI=1S/C11H17NO5/c1-3-5-8(4-2)11(17)12(6-9(13)14)7-10(15)16/h5H,3-4,6-7H2,1-2H3,(H,13,14)(H,15,16). The van der Waals surface area contributed by atoms with Gasteiger partial charge in [-0.25, -0.2) is 0 Å². The molecule has 6 heteroatoms. The maximum atomic E-state index is 11.9. The predicted molar refractivity (Wildman–Crippen MR) is 60.5 cm³/mol. The van der Waals surface area contributed by atoms with E-state index in [2.05, 4.69) is 0 Å². The molecule has 2 N–H and O–H groups in total. The molecule has 0 aromatic heterocycles. The first-order valence-corrected chi connectivity index (χ1v) is 5.34. The van der Waals surface area contributed by atoms with Gasteiger partial charge in [-0.05, 0) is 12.8 Å². The van der Waals surface area contributed by atoms with Crippen molar-refractivity contribution in [3.05, 3.63) is 11.6 Å². The number of nitrogens with zero attached hydrogens (tertiary/aromatic N) is 1. The molecule has 0 aromatic carbocycles. The van der Waals surface area contributed by atoms with Gasteiger partial charge < -0.3 is 15.1 Å². The minimum Gasteiger partial charge on any atom is -0.480 e. The number of carbonyl (C=O) groups excluding carboxylic acids is 1. The molecule has 0 saturated carbocycles. The van der Waals surface area contributed by atoms with E-state index in [0.29, 0.717) is 18.4 Å². The number of rotatable bonds is 7. The first-order chi connectivity index (χ1) is 7.92. The molecular weight excluding hydrogens is 226 g/mol. The van der Waals surface area contributed by atoms with Crippen molar-refractivity contribution in [2.45, 2.75) is 26.7 Å². The summed E-state index contributed by atoms with van der Waals surface area (Å²) < 4.78 is 0. The Morgan fingerprint density at radius 3 is 1.82 bits per heavy atom. The van der Waals surface area contributed by atoms with Gasteiger partial charge >= 0.3 is 11.9 Å². The maximum absolute atomic E-state index is 11.9. The minimum absolute atomic E-state index is 0.440. The molecule has 0 heterocycles. The van der Waals surface area contributed by atoms with Crippen molar-refractivity contribution in [1.82, 2.24) is 4.90 Å². The second-order valence-corrected chi connectivity index (χ2v) is 3.44. The summed E-state index contributed by atoms with van der Waals surface area (Å²) in [5.74, 6) is -2.99. The fourth-order valence-electron chi connectivity index (χ4n) is 1.36. The normalized spacial score (nSPS) is 11.1. The second kappa shape index (κ2) is 7.43. The van der Waals surface area contributed by atoms with Crippen LogP contribution >= 0.6 is 0 Å². The second-order valence-electron chi connectivity index (χ2n) is 3.44. The summed E-state index contributed by atoms with van der Waals surface area (Å²) in [7, 11) is 0. The summed E-state index contributed by atoms with van der Waals surface area (Å²) in [5, 5.41) is 17.2. The molecule has 17 heavy (non-hydrogen) atoms. The van der Waals surface area contributed by atoms with Gasteiger partial charge in [0.25, 0.3) is 5.91 Å². The van der Waals surface area contributed by atoms with E-state index in [-0.39, 0.29) is 0 Å². The molecule has 96 valence electrons. The molecule has 0 bridgehead atoms. The Morgan fingerprint density at radius 1 is 1.06 bits per heavy atom. The third-order valence-electron chi connectivity index (χ3n) is 2.05. The number of allylic oxidation sites excluding steroid dienone is 1. The molecule has 0 unspecified atom stereocenters. The zero-order valence-corrected chi connectivity index (χ0v) is 9.97. The van der Waals surface area contributed by atoms with Crippen LogP contribution in [0.1, 0.15) is 26.7 Å². The summed E-state index contributed by atoms with van der Waals surface area (Å²) in [6.45, 7) is 2.40. The van der Waals surface area contributed by atoms with Gasteiger partial charge in [-0.3, -0.25) is 14.4 Å². The van der Waals surface area contributed by atoms with Crippen LogP contribution in [0.4, 0.5) is 0 Å². The minimum atomic E-state index is -1.23. The third kappa shape index (κ3) is 5.70. The first kappa shape index (κ1) is 15.2. The summed E-state index contributed by atoms with van der Waals surface area (Å²) in [6, 6.07) is 0. The average molecular weight is 243 g/mol. The fraction of sp³-hybridized carbons (Fsp3) is 0.545. The van der Waals surface area contributed by atoms with Gasteiger partial charge in [-0.2, -0.15) is 0 Å². The van der Waals surface area contributed by atoms with Crippen molar-refractivity contribution < 1.29 is 24.6 Å². The molecule has 0 rings (SSSR count). The molecule has 0 aliphatic rings. The van der Waals surface area contributed by atoms with E-state index in [4.69, 9.17) is 10.2 Å². The molecule has 0 saturated heterocycles. The Kier molecular flexibility index (Phi) is 6.62. The zero-order chi connectivity index (χ0) is 13.4. The lowest BCUT2D eigenvalue weighted by molar-refractivity contribution is -0.147. The monoisotopic (exact) mass is 243 g/mol. The molecule has 0 fully saturated rings. The topological polar surface area (TPSA) is 94.9 Å². The van der Waals surface area contributed by atoms with Crippen LogP contribution in [0.15, 0.2) is 11.6 Å². The Hall–Kier alpha value is -1.85. The van der Waals surface area contributed by atoms with Gasteiger partial charge in [0.2, 0.25) is 0 Å². The molecule has 0 aromatic rings. The number of amides is 1. The Morgan fingerprint density at radius 2 is 1.53 bits per heavy atom. The first-order valence-electron chi connectivity index (χ1n) is 5.34. The molecule has 0 spiro atoms. The average Bonchev–Trinajstić information content (AvgIpc) is 2.22. The summed E-state index contributed by atoms with van der Waals surface area (Å²) in [5.41, 5.74) is 0.440. The van der Waals surface area contributed by atoms with E-state index < -0.39 is 30.9 Å². The van der Waals surface area contributed by atoms with E-state index in [1.165, 1.54) is 0 Å². The van der Waals surface area contributed by atoms with Crippen molar-refractivity contribution >= 4 is 17.8 Å². The smallest absolute Gasteiger partial charge is 0.323 e. The van der Waals surface area contributed by atoms with Crippen molar-refractivity contribution in [3.63, 3.8) is 0 Å². The van der Waals surface area contributed by atoms with E-state index in [0.717, 1.165) is 4.90 Å². The van der Waals surface area contributed by atoms with Crippen LogP contribution < -0.4 is 0 Å². The SMILES string of the molecule is CCC=C(CC)C(=O)N(CC(=O)O)CC(=O)O. The number of carbonyl (C=O) groups is 3. The van der Waals surface area contributed by atoms with Gasteiger partial charge in [-0.1, -0.05) is 19.9 Å². The van der Waals surface area contributed by atoms with Crippen molar-refractivity contribution in [2.24, 2.45) is 0 Å². The number of carboxylic acid groups (broad SMARTS) is 2. The van der Waals surface area contributed by atoms with Crippen LogP contribution in [0.5, 0.6) is 0 Å². The van der Waals surface area contributed by atoms with Crippen LogP contribution in [0.3, 0.4) is 0 Å². The van der Waals surface area contributed by atoms with Gasteiger partial charge in [0, 0.05) is 5.57 Å². The summed E-state index contributed by atoms with van der Waals surface area (Å²) in [4.78, 5) is 33.8. The van der Waals surface area contributed by atoms with Crippen molar-refractivity contribution in [2.75, 3.05) is 13.1 Å². The highest BCUT2D eigenvalue weighted by Gasteiger charge is 2.21. The Labute approximate surface area is 99.5 Å². The highest BCUT2D eigenvalue weighted by Crippen LogP contribution is 2.07. The van der Waals surface area contributed by atoms with Crippen molar-refractivity contribution in [3.8, 4) is 0 Å². The molecule has 0 aliphatic heterocycles. The molecular formula is C11H17NO5. The number of carboxylic acids is 2. The van der Waals surface area contributed by atoms with Crippen molar-refractivity contribution in [1.29, 1.82) is 0 Å². The maximum Gasteiger partial charge on any atom is 0.323 e. The van der Waals surface area contributed by atoms with E-state index >= 15 is 0 Å². The lowest BCUT2D eigenvalue weighted by atomic mass is 10.1.